The Balaban J connectivity index is 1.38. The summed E-state index contributed by atoms with van der Waals surface area (Å²) in [5.41, 5.74) is 2.00. The fourth-order valence-corrected chi connectivity index (χ4v) is 4.87. The molecule has 1 heterocycles. The van der Waals surface area contributed by atoms with E-state index in [1.807, 2.05) is 49.4 Å². The summed E-state index contributed by atoms with van der Waals surface area (Å²) in [7, 11) is 4.34. The third kappa shape index (κ3) is 10.3. The van der Waals surface area contributed by atoms with Gasteiger partial charge in [0, 0.05) is 30.8 Å². The highest BCUT2D eigenvalue weighted by Gasteiger charge is 2.23. The van der Waals surface area contributed by atoms with Gasteiger partial charge in [-0.2, -0.15) is 0 Å². The molecule has 5 nitrogen and oxygen atoms in total. The number of aryl methyl sites for hydroxylation is 1. The molecule has 0 radical (unpaired) electrons. The van der Waals surface area contributed by atoms with Crippen molar-refractivity contribution in [2.75, 3.05) is 46.9 Å². The zero-order valence-electron chi connectivity index (χ0n) is 24.3. The smallest absolute Gasteiger partial charge is 0.134 e. The van der Waals surface area contributed by atoms with E-state index in [0.717, 1.165) is 60.9 Å². The summed E-state index contributed by atoms with van der Waals surface area (Å²) in [6.45, 7) is 13.3. The van der Waals surface area contributed by atoms with Crippen molar-refractivity contribution in [2.45, 2.75) is 77.7 Å². The summed E-state index contributed by atoms with van der Waals surface area (Å²) in [4.78, 5) is 4.87. The molecule has 0 N–H and O–H groups in total. The zero-order valence-corrected chi connectivity index (χ0v) is 24.3. The molecule has 1 fully saturated rings. The van der Waals surface area contributed by atoms with Crippen LogP contribution in [-0.4, -0.2) is 62.8 Å². The minimum atomic E-state index is 0.619. The summed E-state index contributed by atoms with van der Waals surface area (Å²) in [6, 6.07) is 14.7. The van der Waals surface area contributed by atoms with Crippen molar-refractivity contribution in [2.24, 2.45) is 0 Å². The Morgan fingerprint density at radius 2 is 1.55 bits per heavy atom. The third-order valence-corrected chi connectivity index (χ3v) is 7.45. The van der Waals surface area contributed by atoms with E-state index in [2.05, 4.69) is 37.4 Å². The van der Waals surface area contributed by atoms with Crippen molar-refractivity contribution in [3.8, 4) is 17.2 Å². The number of rotatable bonds is 18. The second-order valence-corrected chi connectivity index (χ2v) is 10.9. The van der Waals surface area contributed by atoms with Crippen LogP contribution in [0, 0.1) is 6.92 Å². The van der Waals surface area contributed by atoms with Gasteiger partial charge in [0.25, 0.3) is 0 Å². The Labute approximate surface area is 231 Å². The second-order valence-electron chi connectivity index (χ2n) is 10.9. The van der Waals surface area contributed by atoms with Crippen molar-refractivity contribution < 1.29 is 14.2 Å². The van der Waals surface area contributed by atoms with Gasteiger partial charge in [0.15, 0.2) is 0 Å². The van der Waals surface area contributed by atoms with Crippen molar-refractivity contribution in [1.82, 2.24) is 9.80 Å². The predicted molar refractivity (Wildman–Crippen MR) is 159 cm³/mol. The number of benzene rings is 2. The molecule has 0 saturated carbocycles. The predicted octanol–water partition coefficient (Wildman–Crippen LogP) is 7.58. The lowest BCUT2D eigenvalue weighted by Crippen LogP contribution is -2.32. The summed E-state index contributed by atoms with van der Waals surface area (Å²) >= 11 is 0. The van der Waals surface area contributed by atoms with Gasteiger partial charge >= 0.3 is 0 Å². The summed E-state index contributed by atoms with van der Waals surface area (Å²) in [5.74, 6) is 3.12. The monoisotopic (exact) mass is 522 g/mol. The van der Waals surface area contributed by atoms with E-state index < -0.39 is 0 Å². The summed E-state index contributed by atoms with van der Waals surface area (Å²) in [5, 5.41) is 0. The summed E-state index contributed by atoms with van der Waals surface area (Å²) < 4.78 is 18.1. The Hall–Kier alpha value is -2.50. The lowest BCUT2D eigenvalue weighted by Gasteiger charge is -2.20. The van der Waals surface area contributed by atoms with Gasteiger partial charge in [0.2, 0.25) is 0 Å². The van der Waals surface area contributed by atoms with E-state index in [4.69, 9.17) is 14.2 Å². The van der Waals surface area contributed by atoms with Gasteiger partial charge in [-0.1, -0.05) is 58.1 Å². The van der Waals surface area contributed by atoms with Crippen LogP contribution in [0.1, 0.15) is 75.8 Å². The number of ether oxygens (including phenoxy) is 3. The number of nitrogens with zero attached hydrogens (tertiary/aromatic N) is 2. The van der Waals surface area contributed by atoms with E-state index in [0.29, 0.717) is 18.4 Å². The molecule has 3 rings (SSSR count). The highest BCUT2D eigenvalue weighted by Crippen LogP contribution is 2.29. The lowest BCUT2D eigenvalue weighted by atomic mass is 10.1. The van der Waals surface area contributed by atoms with Crippen LogP contribution in [0.15, 0.2) is 49.0 Å². The largest absolute Gasteiger partial charge is 0.494 e. The molecule has 0 spiro atoms. The van der Waals surface area contributed by atoms with Crippen LogP contribution in [0.2, 0.25) is 0 Å². The van der Waals surface area contributed by atoms with Crippen LogP contribution in [0.4, 0.5) is 0 Å². The van der Waals surface area contributed by atoms with Gasteiger partial charge in [-0.05, 0) is 82.7 Å². The molecule has 1 atom stereocenters. The van der Waals surface area contributed by atoms with E-state index in [-0.39, 0.29) is 0 Å². The van der Waals surface area contributed by atoms with E-state index in [1.165, 1.54) is 51.5 Å². The molecule has 210 valence electrons. The lowest BCUT2D eigenvalue weighted by molar-refractivity contribution is 0.242. The molecule has 0 unspecified atom stereocenters. The topological polar surface area (TPSA) is 34.2 Å². The highest BCUT2D eigenvalue weighted by atomic mass is 16.5. The Morgan fingerprint density at radius 1 is 0.895 bits per heavy atom. The number of unbranched alkanes of at least 4 members (excludes halogenated alkanes) is 6. The maximum atomic E-state index is 6.16. The summed E-state index contributed by atoms with van der Waals surface area (Å²) in [6.07, 6.45) is 11.3. The average Bonchev–Trinajstić information content (AvgIpc) is 3.40. The number of hydrogen-bond donors (Lipinski definition) is 0. The first-order chi connectivity index (χ1) is 18.5. The van der Waals surface area contributed by atoms with Crippen molar-refractivity contribution in [1.29, 1.82) is 0 Å². The van der Waals surface area contributed by atoms with Crippen molar-refractivity contribution in [3.05, 3.63) is 60.2 Å². The molecule has 2 aromatic carbocycles. The van der Waals surface area contributed by atoms with Crippen LogP contribution in [0.5, 0.6) is 17.2 Å². The van der Waals surface area contributed by atoms with Crippen LogP contribution >= 0.6 is 0 Å². The molecule has 1 aliphatic rings. The van der Waals surface area contributed by atoms with Crippen molar-refractivity contribution in [3.63, 3.8) is 0 Å². The first-order valence-corrected chi connectivity index (χ1v) is 14.7. The quantitative estimate of drug-likeness (QED) is 0.149. The van der Waals surface area contributed by atoms with E-state index in [9.17, 15) is 0 Å². The molecular formula is C33H50N2O3. The molecule has 5 heteroatoms. The first kappa shape index (κ1) is 30.0. The number of likely N-dealkylation sites (tertiary alicyclic amines) is 1. The standard InChI is InChI=1S/C33H50N2O3/c1-6-7-8-9-10-11-12-23-36-31-18-15-29(16-19-31)28(3)38-33-25-32(17-14-27(33)2)37-24-13-21-35-22-20-30(26-35)34(4)5/h14-19,25,30H,3,6-13,20-24,26H2,1-2,4-5H3/t30-/m1/s1. The van der Waals surface area contributed by atoms with Gasteiger partial charge < -0.3 is 24.0 Å². The molecule has 0 aromatic heterocycles. The van der Waals surface area contributed by atoms with Crippen LogP contribution in [-0.2, 0) is 0 Å². The fourth-order valence-electron chi connectivity index (χ4n) is 4.87. The molecular weight excluding hydrogens is 472 g/mol. The van der Waals surface area contributed by atoms with Gasteiger partial charge in [-0.15, -0.1) is 0 Å². The normalized spacial score (nSPS) is 15.7. The molecule has 0 aliphatic carbocycles. The van der Waals surface area contributed by atoms with Gasteiger partial charge in [0.05, 0.1) is 13.2 Å². The molecule has 1 saturated heterocycles. The van der Waals surface area contributed by atoms with Crippen LogP contribution in [0.3, 0.4) is 0 Å². The molecule has 1 aliphatic heterocycles. The number of hydrogen-bond acceptors (Lipinski definition) is 5. The fraction of sp³-hybridized carbons (Fsp3) is 0.576. The van der Waals surface area contributed by atoms with Crippen molar-refractivity contribution >= 4 is 5.76 Å². The maximum absolute atomic E-state index is 6.16. The van der Waals surface area contributed by atoms with E-state index >= 15 is 0 Å². The average molecular weight is 523 g/mol. The molecule has 38 heavy (non-hydrogen) atoms. The van der Waals surface area contributed by atoms with Crippen LogP contribution < -0.4 is 14.2 Å². The van der Waals surface area contributed by atoms with E-state index in [1.54, 1.807) is 0 Å². The third-order valence-electron chi connectivity index (χ3n) is 7.45. The van der Waals surface area contributed by atoms with Gasteiger partial charge in [-0.25, -0.2) is 0 Å². The zero-order chi connectivity index (χ0) is 27.2. The minimum absolute atomic E-state index is 0.619. The second kappa shape index (κ2) is 16.5. The Kier molecular flexibility index (Phi) is 13.0. The number of likely N-dealkylation sites (N-methyl/N-ethyl adjacent to an activating group) is 1. The first-order valence-electron chi connectivity index (χ1n) is 14.7. The van der Waals surface area contributed by atoms with Gasteiger partial charge in [0.1, 0.15) is 23.0 Å². The SMILES string of the molecule is C=C(Oc1cc(OCCCN2CC[C@@H](N(C)C)C2)ccc1C)c1ccc(OCCCCCCCCC)cc1. The molecule has 0 amide bonds. The van der Waals surface area contributed by atoms with Crippen LogP contribution in [0.25, 0.3) is 5.76 Å². The highest BCUT2D eigenvalue weighted by molar-refractivity contribution is 5.61. The molecule has 0 bridgehead atoms. The van der Waals surface area contributed by atoms with Gasteiger partial charge in [-0.3, -0.25) is 0 Å². The Bertz CT molecular complexity index is 957. The Morgan fingerprint density at radius 3 is 2.26 bits per heavy atom. The molecule has 2 aromatic rings. The maximum Gasteiger partial charge on any atom is 0.134 e. The minimum Gasteiger partial charge on any atom is -0.494 e.